The molecule has 0 radical (unpaired) electrons. The van der Waals surface area contributed by atoms with Crippen molar-refractivity contribution in [3.63, 3.8) is 0 Å². The minimum absolute atomic E-state index is 0.139. The van der Waals surface area contributed by atoms with E-state index in [0.717, 1.165) is 0 Å². The van der Waals surface area contributed by atoms with Gasteiger partial charge in [0.25, 0.3) is 0 Å². The summed E-state index contributed by atoms with van der Waals surface area (Å²) >= 11 is 0. The van der Waals surface area contributed by atoms with Crippen LogP contribution in [0.4, 0.5) is 0 Å². The van der Waals surface area contributed by atoms with Crippen molar-refractivity contribution in [2.45, 2.75) is 31.8 Å². The molecule has 0 heterocycles. The highest BCUT2D eigenvalue weighted by Crippen LogP contribution is 1.97. The number of rotatable bonds is 8. The Kier molecular flexibility index (Phi) is 13.0. The van der Waals surface area contributed by atoms with Gasteiger partial charge in [-0.1, -0.05) is 0 Å². The molecule has 0 aromatic rings. The smallest absolute Gasteiger partial charge is 0.235 e. The molecule has 8 N–H and O–H groups in total. The van der Waals surface area contributed by atoms with Gasteiger partial charge in [0.15, 0.2) is 0 Å². The van der Waals surface area contributed by atoms with Gasteiger partial charge in [-0.2, -0.15) is 0 Å². The molecule has 0 saturated heterocycles. The molecule has 8 heteroatoms. The van der Waals surface area contributed by atoms with Crippen LogP contribution >= 0.6 is 0 Å². The quantitative estimate of drug-likeness (QED) is 0.275. The number of hydrogen-bond acceptors (Lipinski definition) is 6. The van der Waals surface area contributed by atoms with E-state index in [-0.39, 0.29) is 32.7 Å². The molecule has 0 aromatic heterocycles. The second kappa shape index (κ2) is 12.2. The Balaban J connectivity index is 0. The molecular formula is C10H23N3O5. The van der Waals surface area contributed by atoms with Crippen LogP contribution in [0.1, 0.15) is 19.8 Å². The van der Waals surface area contributed by atoms with E-state index >= 15 is 0 Å². The topological polar surface area (TPSA) is 159 Å². The van der Waals surface area contributed by atoms with Crippen molar-refractivity contribution in [1.29, 1.82) is 0 Å². The van der Waals surface area contributed by atoms with E-state index < -0.39 is 23.9 Å². The SMILES string of the molecule is CCO.NC(=O)CC(NC(CO)CCO)C(N)=O. The van der Waals surface area contributed by atoms with E-state index in [4.69, 9.17) is 26.8 Å². The zero-order valence-corrected chi connectivity index (χ0v) is 10.5. The average molecular weight is 265 g/mol. The summed E-state index contributed by atoms with van der Waals surface area (Å²) in [5.41, 5.74) is 9.95. The maximum Gasteiger partial charge on any atom is 0.235 e. The highest BCUT2D eigenvalue weighted by Gasteiger charge is 2.21. The Morgan fingerprint density at radius 2 is 1.72 bits per heavy atom. The molecule has 108 valence electrons. The Labute approximate surface area is 106 Å². The lowest BCUT2D eigenvalue weighted by Crippen LogP contribution is -2.49. The standard InChI is InChI=1S/C8H17N3O4.C2H6O/c9-7(14)3-6(8(10)15)11-5(4-13)1-2-12;1-2-3/h5-6,11-13H,1-4H2,(H2,9,14)(H2,10,15);3H,2H2,1H3. The van der Waals surface area contributed by atoms with Crippen molar-refractivity contribution in [2.24, 2.45) is 11.5 Å². The van der Waals surface area contributed by atoms with Crippen LogP contribution in [0.5, 0.6) is 0 Å². The molecule has 0 rings (SSSR count). The third-order valence-electron chi connectivity index (χ3n) is 1.88. The van der Waals surface area contributed by atoms with Crippen LogP contribution in [-0.4, -0.2) is 59.0 Å². The molecule has 18 heavy (non-hydrogen) atoms. The minimum Gasteiger partial charge on any atom is -0.397 e. The third kappa shape index (κ3) is 11.3. The third-order valence-corrected chi connectivity index (χ3v) is 1.88. The molecule has 0 spiro atoms. The van der Waals surface area contributed by atoms with Crippen molar-refractivity contribution in [3.05, 3.63) is 0 Å². The van der Waals surface area contributed by atoms with Gasteiger partial charge in [0.05, 0.1) is 19.1 Å². The highest BCUT2D eigenvalue weighted by molar-refractivity contribution is 5.86. The summed E-state index contributed by atoms with van der Waals surface area (Å²) in [5, 5.41) is 27.7. The van der Waals surface area contributed by atoms with Gasteiger partial charge in [-0.15, -0.1) is 0 Å². The highest BCUT2D eigenvalue weighted by atomic mass is 16.3. The lowest BCUT2D eigenvalue weighted by Gasteiger charge is -2.20. The maximum absolute atomic E-state index is 10.9. The Morgan fingerprint density at radius 1 is 1.22 bits per heavy atom. The zero-order valence-electron chi connectivity index (χ0n) is 10.5. The Morgan fingerprint density at radius 3 is 2.00 bits per heavy atom. The molecule has 0 saturated carbocycles. The zero-order chi connectivity index (χ0) is 14.6. The predicted molar refractivity (Wildman–Crippen MR) is 65.3 cm³/mol. The van der Waals surface area contributed by atoms with Gasteiger partial charge >= 0.3 is 0 Å². The summed E-state index contributed by atoms with van der Waals surface area (Å²) in [7, 11) is 0. The molecule has 2 unspecified atom stereocenters. The summed E-state index contributed by atoms with van der Waals surface area (Å²) in [6, 6.07) is -1.39. The summed E-state index contributed by atoms with van der Waals surface area (Å²) in [5.74, 6) is -1.38. The molecule has 0 aliphatic rings. The van der Waals surface area contributed by atoms with Gasteiger partial charge in [0.1, 0.15) is 0 Å². The maximum atomic E-state index is 10.9. The van der Waals surface area contributed by atoms with E-state index in [0.29, 0.717) is 0 Å². The van der Waals surface area contributed by atoms with Crippen molar-refractivity contribution < 1.29 is 24.9 Å². The second-order valence-electron chi connectivity index (χ2n) is 3.50. The number of primary amides is 2. The van der Waals surface area contributed by atoms with Gasteiger partial charge < -0.3 is 32.1 Å². The lowest BCUT2D eigenvalue weighted by molar-refractivity contribution is -0.125. The normalized spacial score (nSPS) is 13.1. The van der Waals surface area contributed by atoms with E-state index in [2.05, 4.69) is 5.32 Å². The first kappa shape index (κ1) is 19.1. The molecular weight excluding hydrogens is 242 g/mol. The van der Waals surface area contributed by atoms with Crippen LogP contribution in [-0.2, 0) is 9.59 Å². The first-order valence-electron chi connectivity index (χ1n) is 5.59. The summed E-state index contributed by atoms with van der Waals surface area (Å²) in [6.45, 7) is 1.53. The molecule has 2 amide bonds. The van der Waals surface area contributed by atoms with Crippen LogP contribution in [0, 0.1) is 0 Å². The van der Waals surface area contributed by atoms with Gasteiger partial charge in [0.2, 0.25) is 11.8 Å². The molecule has 0 aromatic carbocycles. The van der Waals surface area contributed by atoms with E-state index in [9.17, 15) is 9.59 Å². The minimum atomic E-state index is -0.911. The van der Waals surface area contributed by atoms with Gasteiger partial charge in [-0.25, -0.2) is 0 Å². The monoisotopic (exact) mass is 265 g/mol. The first-order chi connectivity index (χ1) is 8.42. The molecule has 0 fully saturated rings. The Bertz CT molecular complexity index is 238. The first-order valence-corrected chi connectivity index (χ1v) is 5.59. The van der Waals surface area contributed by atoms with E-state index in [1.54, 1.807) is 6.92 Å². The van der Waals surface area contributed by atoms with Crippen LogP contribution in [0.15, 0.2) is 0 Å². The second-order valence-corrected chi connectivity index (χ2v) is 3.50. The number of aliphatic hydroxyl groups is 3. The molecule has 0 bridgehead atoms. The number of carbonyl (C=O) groups is 2. The fraction of sp³-hybridized carbons (Fsp3) is 0.800. The van der Waals surface area contributed by atoms with Crippen molar-refractivity contribution in [1.82, 2.24) is 5.32 Å². The Hall–Kier alpha value is -1.22. The van der Waals surface area contributed by atoms with Crippen LogP contribution in [0.25, 0.3) is 0 Å². The average Bonchev–Trinajstić information content (AvgIpc) is 2.27. The van der Waals surface area contributed by atoms with Crippen LogP contribution in [0.2, 0.25) is 0 Å². The summed E-state index contributed by atoms with van der Waals surface area (Å²) in [6.07, 6.45) is 0.0380. The molecule has 2 atom stereocenters. The van der Waals surface area contributed by atoms with Crippen molar-refractivity contribution in [2.75, 3.05) is 19.8 Å². The number of carbonyl (C=O) groups excluding carboxylic acids is 2. The molecule has 8 nitrogen and oxygen atoms in total. The number of amides is 2. The van der Waals surface area contributed by atoms with Crippen LogP contribution < -0.4 is 16.8 Å². The fourth-order valence-corrected chi connectivity index (χ4v) is 1.11. The van der Waals surface area contributed by atoms with Crippen LogP contribution in [0.3, 0.4) is 0 Å². The number of nitrogens with one attached hydrogen (secondary N) is 1. The number of hydrogen-bond donors (Lipinski definition) is 6. The number of aliphatic hydroxyl groups excluding tert-OH is 3. The number of nitrogens with two attached hydrogens (primary N) is 2. The van der Waals surface area contributed by atoms with Crippen molar-refractivity contribution >= 4 is 11.8 Å². The van der Waals surface area contributed by atoms with Crippen molar-refractivity contribution in [3.8, 4) is 0 Å². The summed E-state index contributed by atoms with van der Waals surface area (Å²) in [4.78, 5) is 21.5. The van der Waals surface area contributed by atoms with Gasteiger partial charge in [-0.3, -0.25) is 9.59 Å². The van der Waals surface area contributed by atoms with Gasteiger partial charge in [-0.05, 0) is 13.3 Å². The molecule has 0 aliphatic carbocycles. The van der Waals surface area contributed by atoms with Gasteiger partial charge in [0, 0.05) is 19.3 Å². The fourth-order valence-electron chi connectivity index (χ4n) is 1.11. The van der Waals surface area contributed by atoms with E-state index in [1.165, 1.54) is 0 Å². The largest absolute Gasteiger partial charge is 0.397 e. The lowest BCUT2D eigenvalue weighted by atomic mass is 10.1. The predicted octanol–water partition coefficient (Wildman–Crippen LogP) is -2.95. The molecule has 0 aliphatic heterocycles. The summed E-state index contributed by atoms with van der Waals surface area (Å²) < 4.78 is 0. The van der Waals surface area contributed by atoms with E-state index in [1.807, 2.05) is 0 Å².